The number of rotatable bonds is 15. The van der Waals surface area contributed by atoms with Gasteiger partial charge in [-0.05, 0) is 96.8 Å². The first-order valence-electron chi connectivity index (χ1n) is 16.7. The van der Waals surface area contributed by atoms with Gasteiger partial charge in [-0.2, -0.15) is 0 Å². The minimum atomic E-state index is -0.825. The van der Waals surface area contributed by atoms with Gasteiger partial charge >= 0.3 is 20.0 Å². The second kappa shape index (κ2) is 16.6. The zero-order valence-electron chi connectivity index (χ0n) is 28.6. The van der Waals surface area contributed by atoms with Gasteiger partial charge in [0.1, 0.15) is 23.5 Å². The molecule has 1 aliphatic carbocycles. The van der Waals surface area contributed by atoms with Crippen LogP contribution in [0, 0.1) is 20.8 Å². The van der Waals surface area contributed by atoms with Crippen LogP contribution in [0.1, 0.15) is 81.5 Å². The van der Waals surface area contributed by atoms with Gasteiger partial charge in [0, 0.05) is 19.6 Å². The number of nitrogens with zero attached hydrogens (tertiary/aromatic N) is 1. The van der Waals surface area contributed by atoms with E-state index in [1.165, 1.54) is 0 Å². The molecule has 0 atom stereocenters. The third kappa shape index (κ3) is 10.0. The van der Waals surface area contributed by atoms with E-state index >= 15 is 0 Å². The van der Waals surface area contributed by atoms with E-state index in [1.54, 1.807) is 0 Å². The molecule has 0 aromatic heterocycles. The van der Waals surface area contributed by atoms with E-state index in [9.17, 15) is 9.59 Å². The molecule has 0 amide bonds. The summed E-state index contributed by atoms with van der Waals surface area (Å²) in [7, 11) is 5.80. The molecule has 1 aromatic rings. The Balaban J connectivity index is 1.09. The van der Waals surface area contributed by atoms with Crippen LogP contribution in [-0.2, 0) is 42.7 Å². The maximum Gasteiger partial charge on any atom is 0.374 e. The lowest BCUT2D eigenvalue weighted by atomic mass is 9.80. The predicted molar refractivity (Wildman–Crippen MR) is 174 cm³/mol. The van der Waals surface area contributed by atoms with Crippen molar-refractivity contribution in [2.45, 2.75) is 103 Å². The van der Waals surface area contributed by atoms with Crippen molar-refractivity contribution in [3.05, 3.63) is 40.1 Å². The van der Waals surface area contributed by atoms with Gasteiger partial charge in [-0.15, -0.1) is 0 Å². The van der Waals surface area contributed by atoms with Crippen LogP contribution in [0.5, 0.6) is 0 Å². The Bertz CT molecular complexity index is 1190. The molecule has 2 fully saturated rings. The third-order valence-electron chi connectivity index (χ3n) is 8.77. The van der Waals surface area contributed by atoms with Crippen molar-refractivity contribution in [2.24, 2.45) is 0 Å². The average molecular weight is 642 g/mol. The Kier molecular flexibility index (Phi) is 13.1. The summed E-state index contributed by atoms with van der Waals surface area (Å²) >= 11 is 0. The summed E-state index contributed by atoms with van der Waals surface area (Å²) in [6.07, 6.45) is 5.13. The molecule has 1 saturated heterocycles. The highest BCUT2D eigenvalue weighted by molar-refractivity contribution is 6.21. The minimum absolute atomic E-state index is 0.0741. The van der Waals surface area contributed by atoms with E-state index in [0.717, 1.165) is 67.6 Å². The standard InChI is InChI=1S/C35H52BNO9/c1-24-21-25(2)30(26(3)22-24)31-32(46-36)35(45-33(31)39)11-7-27(8-12-35)43-28-9-13-37(14-10-28)15-16-40-17-18-41-19-20-42-23-29(38)44-34(4,5)6/h21-22,27-28H,7-20,23H2,1-6H3. The van der Waals surface area contributed by atoms with Gasteiger partial charge in [0.15, 0.2) is 5.60 Å². The van der Waals surface area contributed by atoms with Crippen molar-refractivity contribution in [3.63, 3.8) is 0 Å². The van der Waals surface area contributed by atoms with Crippen LogP contribution >= 0.6 is 0 Å². The monoisotopic (exact) mass is 641 g/mol. The quantitative estimate of drug-likeness (QED) is 0.154. The van der Waals surface area contributed by atoms with Gasteiger partial charge in [-0.1, -0.05) is 17.7 Å². The zero-order chi connectivity index (χ0) is 33.3. The summed E-state index contributed by atoms with van der Waals surface area (Å²) in [5.74, 6) is -0.281. The number of carbonyl (C=O) groups is 2. The van der Waals surface area contributed by atoms with Gasteiger partial charge in [0.25, 0.3) is 0 Å². The van der Waals surface area contributed by atoms with E-state index in [0.29, 0.717) is 57.2 Å². The maximum atomic E-state index is 13.2. The molecule has 2 heterocycles. The van der Waals surface area contributed by atoms with Gasteiger partial charge in [-0.3, -0.25) is 0 Å². The summed E-state index contributed by atoms with van der Waals surface area (Å²) in [4.78, 5) is 27.2. The first-order chi connectivity index (χ1) is 21.9. The van der Waals surface area contributed by atoms with E-state index in [1.807, 2.05) is 41.5 Å². The van der Waals surface area contributed by atoms with E-state index in [2.05, 4.69) is 17.0 Å². The van der Waals surface area contributed by atoms with Crippen molar-refractivity contribution >= 4 is 25.6 Å². The molecule has 0 N–H and O–H groups in total. The summed E-state index contributed by atoms with van der Waals surface area (Å²) in [6.45, 7) is 16.7. The van der Waals surface area contributed by atoms with Gasteiger partial charge in [0.05, 0.1) is 45.2 Å². The minimum Gasteiger partial charge on any atom is -0.567 e. The van der Waals surface area contributed by atoms with Crippen molar-refractivity contribution in [2.75, 3.05) is 59.3 Å². The van der Waals surface area contributed by atoms with Crippen LogP contribution in [-0.4, -0.2) is 108 Å². The number of carbonyl (C=O) groups excluding carboxylic acids is 2. The highest BCUT2D eigenvalue weighted by atomic mass is 16.6. The van der Waals surface area contributed by atoms with Crippen LogP contribution in [0.25, 0.3) is 5.57 Å². The van der Waals surface area contributed by atoms with Gasteiger partial charge in [0.2, 0.25) is 0 Å². The summed E-state index contributed by atoms with van der Waals surface area (Å²) < 4.78 is 39.7. The molecule has 2 aliphatic heterocycles. The van der Waals surface area contributed by atoms with Crippen molar-refractivity contribution in [3.8, 4) is 0 Å². The highest BCUT2D eigenvalue weighted by Crippen LogP contribution is 2.48. The molecule has 1 aromatic carbocycles. The van der Waals surface area contributed by atoms with Crippen LogP contribution < -0.4 is 0 Å². The SMILES string of the molecule is [B]OC1=C(c2c(C)cc(C)cc2C)C(=O)OC12CCC(OC1CCN(CCOCCOCCOCC(=O)OC(C)(C)C)CC1)CC2. The fourth-order valence-corrected chi connectivity index (χ4v) is 6.78. The first kappa shape index (κ1) is 36.4. The molecular weight excluding hydrogens is 589 g/mol. The van der Waals surface area contributed by atoms with Gasteiger partial charge in [-0.25, -0.2) is 9.59 Å². The predicted octanol–water partition coefficient (Wildman–Crippen LogP) is 4.53. The fourth-order valence-electron chi connectivity index (χ4n) is 6.78. The Hall–Kier alpha value is -2.44. The van der Waals surface area contributed by atoms with Crippen LogP contribution in [0.15, 0.2) is 17.9 Å². The molecule has 0 unspecified atom stereocenters. The average Bonchev–Trinajstić information content (AvgIpc) is 3.24. The lowest BCUT2D eigenvalue weighted by molar-refractivity contribution is -0.160. The number of likely N-dealkylation sites (tertiary alicyclic amines) is 1. The highest BCUT2D eigenvalue weighted by Gasteiger charge is 2.51. The lowest BCUT2D eigenvalue weighted by Gasteiger charge is -2.39. The Morgan fingerprint density at radius 1 is 0.913 bits per heavy atom. The van der Waals surface area contributed by atoms with Crippen molar-refractivity contribution < 1.29 is 42.7 Å². The van der Waals surface area contributed by atoms with Gasteiger partial charge < -0.3 is 38.0 Å². The number of esters is 2. The summed E-state index contributed by atoms with van der Waals surface area (Å²) in [5, 5.41) is 0. The number of hydrogen-bond acceptors (Lipinski definition) is 10. The number of hydrogen-bond donors (Lipinski definition) is 0. The Labute approximate surface area is 275 Å². The molecule has 0 bridgehead atoms. The Morgan fingerprint density at radius 2 is 1.48 bits per heavy atom. The fraction of sp³-hybridized carbons (Fsp3) is 0.714. The van der Waals surface area contributed by atoms with E-state index in [-0.39, 0.29) is 30.8 Å². The molecule has 46 heavy (non-hydrogen) atoms. The van der Waals surface area contributed by atoms with Crippen molar-refractivity contribution in [1.29, 1.82) is 0 Å². The zero-order valence-corrected chi connectivity index (χ0v) is 28.6. The molecule has 254 valence electrons. The molecule has 1 spiro atoms. The number of aryl methyl sites for hydroxylation is 3. The topological polar surface area (TPSA) is 102 Å². The molecule has 3 aliphatic rings. The van der Waals surface area contributed by atoms with Crippen LogP contribution in [0.2, 0.25) is 0 Å². The molecule has 1 saturated carbocycles. The maximum absolute atomic E-state index is 13.2. The van der Waals surface area contributed by atoms with Crippen LogP contribution in [0.3, 0.4) is 0 Å². The molecule has 11 heteroatoms. The largest absolute Gasteiger partial charge is 0.567 e. The number of ether oxygens (including phenoxy) is 6. The molecule has 2 radical (unpaired) electrons. The first-order valence-corrected chi connectivity index (χ1v) is 16.7. The molecule has 4 rings (SSSR count). The molecule has 10 nitrogen and oxygen atoms in total. The second-order valence-corrected chi connectivity index (χ2v) is 13.7. The third-order valence-corrected chi connectivity index (χ3v) is 8.77. The summed E-state index contributed by atoms with van der Waals surface area (Å²) in [6, 6.07) is 4.14. The summed E-state index contributed by atoms with van der Waals surface area (Å²) in [5.41, 5.74) is 3.15. The normalized spacial score (nSPS) is 22.8. The Morgan fingerprint density at radius 3 is 2.07 bits per heavy atom. The second-order valence-electron chi connectivity index (χ2n) is 13.7. The van der Waals surface area contributed by atoms with Crippen LogP contribution in [0.4, 0.5) is 0 Å². The molecular formula is C35H52BNO9. The van der Waals surface area contributed by atoms with E-state index in [4.69, 9.17) is 41.1 Å². The smallest absolute Gasteiger partial charge is 0.374 e. The lowest BCUT2D eigenvalue weighted by Crippen LogP contribution is -2.43. The van der Waals surface area contributed by atoms with E-state index < -0.39 is 11.2 Å². The number of benzene rings is 1. The number of piperidine rings is 1. The van der Waals surface area contributed by atoms with Crippen molar-refractivity contribution in [1.82, 2.24) is 4.90 Å².